The van der Waals surface area contributed by atoms with Gasteiger partial charge in [-0.15, -0.1) is 0 Å². The van der Waals surface area contributed by atoms with Crippen molar-refractivity contribution in [2.45, 2.75) is 11.9 Å². The molecule has 0 amide bonds. The van der Waals surface area contributed by atoms with E-state index < -0.39 is 10.0 Å². The van der Waals surface area contributed by atoms with E-state index in [9.17, 15) is 8.42 Å². The molecule has 2 N–H and O–H groups in total. The summed E-state index contributed by atoms with van der Waals surface area (Å²) in [6.45, 7) is 1.80. The zero-order chi connectivity index (χ0) is 11.2. The summed E-state index contributed by atoms with van der Waals surface area (Å²) in [7, 11) is -2.15. The van der Waals surface area contributed by atoms with E-state index in [1.165, 1.54) is 10.9 Å². The first kappa shape index (κ1) is 10.1. The second kappa shape index (κ2) is 3.01. The molecule has 15 heavy (non-hydrogen) atoms. The van der Waals surface area contributed by atoms with Gasteiger partial charge in [0.15, 0.2) is 5.03 Å². The van der Waals surface area contributed by atoms with Crippen molar-refractivity contribution in [2.24, 2.45) is 12.2 Å². The lowest BCUT2D eigenvalue weighted by atomic mass is 10.3. The normalized spacial score (nSPS) is 12.2. The van der Waals surface area contributed by atoms with Crippen LogP contribution in [0.4, 0.5) is 0 Å². The van der Waals surface area contributed by atoms with Gasteiger partial charge < -0.3 is 0 Å². The molecule has 0 unspecified atom stereocenters. The minimum Gasteiger partial charge on any atom is -0.265 e. The number of rotatable bonds is 1. The molecule has 0 fully saturated rings. The van der Waals surface area contributed by atoms with Crippen LogP contribution in [0, 0.1) is 6.92 Å². The molecule has 0 aliphatic rings. The van der Waals surface area contributed by atoms with Crippen molar-refractivity contribution in [3.8, 4) is 0 Å². The number of nitrogens with zero attached hydrogens (tertiary/aromatic N) is 3. The highest BCUT2D eigenvalue weighted by atomic mass is 32.2. The number of pyridine rings is 1. The summed E-state index contributed by atoms with van der Waals surface area (Å²) in [6.07, 6.45) is 1.41. The Balaban J connectivity index is 3.00. The van der Waals surface area contributed by atoms with Crippen LogP contribution in [0.25, 0.3) is 10.9 Å². The van der Waals surface area contributed by atoms with Crippen LogP contribution in [0.1, 0.15) is 5.69 Å². The van der Waals surface area contributed by atoms with Crippen molar-refractivity contribution in [2.75, 3.05) is 0 Å². The number of aromatic nitrogens is 3. The van der Waals surface area contributed by atoms with Gasteiger partial charge in [0.2, 0.25) is 0 Å². The largest absolute Gasteiger partial charge is 0.265 e. The van der Waals surface area contributed by atoms with Gasteiger partial charge in [-0.25, -0.2) is 18.5 Å². The maximum atomic E-state index is 11.3. The molecule has 0 saturated heterocycles. The minimum atomic E-state index is -3.81. The van der Waals surface area contributed by atoms with Gasteiger partial charge in [0, 0.05) is 18.6 Å². The first-order valence-corrected chi connectivity index (χ1v) is 5.77. The molecular weight excluding hydrogens is 216 g/mol. The number of nitrogens with two attached hydrogens (primary N) is 1. The third-order valence-corrected chi connectivity index (χ3v) is 3.01. The van der Waals surface area contributed by atoms with Crippen molar-refractivity contribution in [3.63, 3.8) is 0 Å². The van der Waals surface area contributed by atoms with Crippen molar-refractivity contribution in [1.29, 1.82) is 0 Å². The van der Waals surface area contributed by atoms with Gasteiger partial charge in [0.1, 0.15) is 5.52 Å². The molecule has 80 valence electrons. The summed E-state index contributed by atoms with van der Waals surface area (Å²) in [6, 6.07) is 1.71. The zero-order valence-electron chi connectivity index (χ0n) is 8.30. The van der Waals surface area contributed by atoms with Crippen LogP contribution in [0.5, 0.6) is 0 Å². The molecular formula is C8H10N4O2S. The lowest BCUT2D eigenvalue weighted by Crippen LogP contribution is -2.15. The molecule has 2 aromatic rings. The second-order valence-corrected chi connectivity index (χ2v) is 4.74. The Morgan fingerprint density at radius 2 is 2.13 bits per heavy atom. The Hall–Kier alpha value is -1.47. The van der Waals surface area contributed by atoms with E-state index in [0.29, 0.717) is 5.52 Å². The highest BCUT2D eigenvalue weighted by Gasteiger charge is 2.18. The summed E-state index contributed by atoms with van der Waals surface area (Å²) < 4.78 is 24.0. The van der Waals surface area contributed by atoms with Crippen LogP contribution in [0.2, 0.25) is 0 Å². The summed E-state index contributed by atoms with van der Waals surface area (Å²) in [4.78, 5) is 3.78. The molecule has 0 aromatic carbocycles. The van der Waals surface area contributed by atoms with E-state index in [-0.39, 0.29) is 5.03 Å². The molecule has 2 heterocycles. The molecule has 0 aliphatic heterocycles. The predicted octanol–water partition coefficient (Wildman–Crippen LogP) is -0.0759. The summed E-state index contributed by atoms with van der Waals surface area (Å²) in [5.41, 5.74) is 1.19. The van der Waals surface area contributed by atoms with Gasteiger partial charge in [0.05, 0.1) is 5.69 Å². The van der Waals surface area contributed by atoms with Crippen molar-refractivity contribution in [1.82, 2.24) is 14.8 Å². The lowest BCUT2D eigenvalue weighted by Gasteiger charge is -2.00. The second-order valence-electron chi connectivity index (χ2n) is 3.27. The molecule has 7 heteroatoms. The van der Waals surface area contributed by atoms with E-state index in [1.54, 1.807) is 20.0 Å². The Morgan fingerprint density at radius 3 is 2.73 bits per heavy atom. The van der Waals surface area contributed by atoms with Gasteiger partial charge in [-0.1, -0.05) is 0 Å². The molecule has 0 atom stereocenters. The fourth-order valence-corrected chi connectivity index (χ4v) is 2.30. The van der Waals surface area contributed by atoms with E-state index in [0.717, 1.165) is 11.1 Å². The topological polar surface area (TPSA) is 90.9 Å². The average molecular weight is 226 g/mol. The number of sulfonamides is 1. The van der Waals surface area contributed by atoms with Crippen LogP contribution in [-0.4, -0.2) is 23.2 Å². The number of aryl methyl sites for hydroxylation is 2. The number of primary sulfonamides is 1. The van der Waals surface area contributed by atoms with Gasteiger partial charge in [0.25, 0.3) is 10.0 Å². The highest BCUT2D eigenvalue weighted by Crippen LogP contribution is 2.21. The van der Waals surface area contributed by atoms with Crippen molar-refractivity contribution >= 4 is 20.9 Å². The Bertz CT molecular complexity index is 629. The van der Waals surface area contributed by atoms with Crippen LogP contribution < -0.4 is 5.14 Å². The highest BCUT2D eigenvalue weighted by molar-refractivity contribution is 7.89. The number of fused-ring (bicyclic) bond motifs is 1. The van der Waals surface area contributed by atoms with Crippen molar-refractivity contribution < 1.29 is 8.42 Å². The number of hydrogen-bond acceptors (Lipinski definition) is 4. The Kier molecular flexibility index (Phi) is 2.02. The molecule has 0 aliphatic carbocycles. The van der Waals surface area contributed by atoms with Crippen LogP contribution >= 0.6 is 0 Å². The van der Waals surface area contributed by atoms with Crippen LogP contribution in [0.3, 0.4) is 0 Å². The summed E-state index contributed by atoms with van der Waals surface area (Å²) >= 11 is 0. The lowest BCUT2D eigenvalue weighted by molar-refractivity contribution is 0.594. The smallest absolute Gasteiger partial charge is 0.257 e. The average Bonchev–Trinajstić information content (AvgIpc) is 2.41. The molecule has 6 nitrogen and oxygen atoms in total. The van der Waals surface area contributed by atoms with Gasteiger partial charge in [-0.2, -0.15) is 5.10 Å². The standard InChI is InChI=1S/C8H10N4O2S/c1-5-6-3-4-10-8(15(9,13)14)7(6)12(2)11-5/h3-4H,1-2H3,(H2,9,13,14). The maximum Gasteiger partial charge on any atom is 0.257 e. The predicted molar refractivity (Wildman–Crippen MR) is 54.6 cm³/mol. The van der Waals surface area contributed by atoms with E-state index in [4.69, 9.17) is 5.14 Å². The third kappa shape index (κ3) is 1.49. The molecule has 2 rings (SSSR count). The molecule has 0 radical (unpaired) electrons. The first-order chi connectivity index (χ1) is 6.91. The molecule has 2 aromatic heterocycles. The first-order valence-electron chi connectivity index (χ1n) is 4.22. The van der Waals surface area contributed by atoms with E-state index in [1.807, 2.05) is 0 Å². The fourth-order valence-electron chi connectivity index (χ4n) is 1.58. The summed E-state index contributed by atoms with van der Waals surface area (Å²) in [5.74, 6) is 0. The maximum absolute atomic E-state index is 11.3. The Labute approximate surface area is 86.8 Å². The summed E-state index contributed by atoms with van der Waals surface area (Å²) in [5, 5.41) is 9.80. The Morgan fingerprint density at radius 1 is 1.47 bits per heavy atom. The van der Waals surface area contributed by atoms with Crippen LogP contribution in [0.15, 0.2) is 17.3 Å². The minimum absolute atomic E-state index is 0.136. The van der Waals surface area contributed by atoms with Gasteiger partial charge in [-0.3, -0.25) is 4.68 Å². The monoisotopic (exact) mass is 226 g/mol. The fraction of sp³-hybridized carbons (Fsp3) is 0.250. The SMILES string of the molecule is Cc1nn(C)c2c(S(N)(=O)=O)nccc12. The van der Waals surface area contributed by atoms with E-state index >= 15 is 0 Å². The van der Waals surface area contributed by atoms with Gasteiger partial charge in [-0.05, 0) is 13.0 Å². The van der Waals surface area contributed by atoms with Crippen molar-refractivity contribution in [3.05, 3.63) is 18.0 Å². The van der Waals surface area contributed by atoms with Crippen LogP contribution in [-0.2, 0) is 17.1 Å². The third-order valence-electron chi connectivity index (χ3n) is 2.17. The number of hydrogen-bond donors (Lipinski definition) is 1. The molecule has 0 bridgehead atoms. The molecule has 0 saturated carbocycles. The zero-order valence-corrected chi connectivity index (χ0v) is 9.11. The van der Waals surface area contributed by atoms with Gasteiger partial charge >= 0.3 is 0 Å². The quantitative estimate of drug-likeness (QED) is 0.736. The van der Waals surface area contributed by atoms with E-state index in [2.05, 4.69) is 10.1 Å². The molecule has 0 spiro atoms.